The normalized spacial score (nSPS) is 31.1. The predicted octanol–water partition coefficient (Wildman–Crippen LogP) is 1.57. The Kier molecular flexibility index (Phi) is 5.08. The maximum atomic E-state index is 12.3. The monoisotopic (exact) mass is 311 g/mol. The van der Waals surface area contributed by atoms with Gasteiger partial charge in [-0.25, -0.2) is 0 Å². The van der Waals surface area contributed by atoms with Gasteiger partial charge in [0.25, 0.3) is 5.91 Å². The Balaban J connectivity index is 1.53. The molecule has 2 fully saturated rings. The second-order valence-corrected chi connectivity index (χ2v) is 6.62. The van der Waals surface area contributed by atoms with Crippen molar-refractivity contribution in [3.63, 3.8) is 0 Å². The second-order valence-electron chi connectivity index (χ2n) is 6.62. The van der Waals surface area contributed by atoms with Crippen LogP contribution in [0.25, 0.3) is 0 Å². The fourth-order valence-corrected chi connectivity index (χ4v) is 3.72. The SMILES string of the molecule is O=C1NC([C@H]2CC[C@H](OCCCF)CC2)=NC12CCNCC2. The first-order chi connectivity index (χ1) is 10.7. The van der Waals surface area contributed by atoms with Crippen molar-refractivity contribution in [2.24, 2.45) is 10.9 Å². The molecule has 1 amide bonds. The summed E-state index contributed by atoms with van der Waals surface area (Å²) in [6.07, 6.45) is 6.25. The first-order valence-electron chi connectivity index (χ1n) is 8.53. The summed E-state index contributed by atoms with van der Waals surface area (Å²) in [6, 6.07) is 0. The molecule has 3 aliphatic rings. The molecule has 0 radical (unpaired) electrons. The highest BCUT2D eigenvalue weighted by molar-refractivity contribution is 6.09. The molecule has 2 heterocycles. The number of hydrogen-bond donors (Lipinski definition) is 2. The van der Waals surface area contributed by atoms with Gasteiger partial charge in [0, 0.05) is 12.5 Å². The van der Waals surface area contributed by atoms with Crippen LogP contribution in [0, 0.1) is 5.92 Å². The largest absolute Gasteiger partial charge is 0.378 e. The Labute approximate surface area is 131 Å². The number of alkyl halides is 1. The number of carbonyl (C=O) groups excluding carboxylic acids is 1. The fraction of sp³-hybridized carbons (Fsp3) is 0.875. The van der Waals surface area contributed by atoms with Crippen LogP contribution in [-0.4, -0.2) is 49.8 Å². The van der Waals surface area contributed by atoms with E-state index in [1.807, 2.05) is 0 Å². The lowest BCUT2D eigenvalue weighted by molar-refractivity contribution is -0.124. The van der Waals surface area contributed by atoms with E-state index >= 15 is 0 Å². The summed E-state index contributed by atoms with van der Waals surface area (Å²) < 4.78 is 17.8. The van der Waals surface area contributed by atoms with Gasteiger partial charge in [-0.1, -0.05) is 0 Å². The number of hydrogen-bond acceptors (Lipinski definition) is 4. The van der Waals surface area contributed by atoms with Crippen LogP contribution in [0.1, 0.15) is 44.9 Å². The van der Waals surface area contributed by atoms with E-state index in [0.717, 1.165) is 57.5 Å². The minimum atomic E-state index is -0.505. The quantitative estimate of drug-likeness (QED) is 0.758. The maximum Gasteiger partial charge on any atom is 0.253 e. The smallest absolute Gasteiger partial charge is 0.253 e. The molecular weight excluding hydrogens is 285 g/mol. The van der Waals surface area contributed by atoms with Gasteiger partial charge in [0.05, 0.1) is 12.8 Å². The fourth-order valence-electron chi connectivity index (χ4n) is 3.72. The van der Waals surface area contributed by atoms with Crippen LogP contribution >= 0.6 is 0 Å². The minimum Gasteiger partial charge on any atom is -0.378 e. The molecule has 0 unspecified atom stereocenters. The average molecular weight is 311 g/mol. The number of halogens is 1. The molecule has 0 atom stereocenters. The molecule has 1 aliphatic carbocycles. The number of ether oxygens (including phenoxy) is 1. The molecular formula is C16H26FN3O2. The number of nitrogens with zero attached hydrogens (tertiary/aromatic N) is 1. The minimum absolute atomic E-state index is 0.0883. The molecule has 1 saturated heterocycles. The molecule has 0 aromatic carbocycles. The summed E-state index contributed by atoms with van der Waals surface area (Å²) in [5, 5.41) is 6.33. The third-order valence-corrected chi connectivity index (χ3v) is 5.12. The van der Waals surface area contributed by atoms with Crippen LogP contribution in [0.3, 0.4) is 0 Å². The zero-order valence-electron chi connectivity index (χ0n) is 13.1. The first kappa shape index (κ1) is 15.9. The van der Waals surface area contributed by atoms with E-state index in [0.29, 0.717) is 18.9 Å². The summed E-state index contributed by atoms with van der Waals surface area (Å²) in [6.45, 7) is 1.92. The number of carbonyl (C=O) groups is 1. The molecule has 22 heavy (non-hydrogen) atoms. The van der Waals surface area contributed by atoms with Gasteiger partial charge in [-0.2, -0.15) is 0 Å². The highest BCUT2D eigenvalue weighted by Crippen LogP contribution is 2.33. The number of amides is 1. The third kappa shape index (κ3) is 3.33. The van der Waals surface area contributed by atoms with Gasteiger partial charge >= 0.3 is 0 Å². The van der Waals surface area contributed by atoms with E-state index in [2.05, 4.69) is 10.6 Å². The van der Waals surface area contributed by atoms with Gasteiger partial charge in [-0.05, 0) is 58.0 Å². The van der Waals surface area contributed by atoms with Gasteiger partial charge in [0.1, 0.15) is 11.4 Å². The Hall–Kier alpha value is -1.01. The molecule has 1 saturated carbocycles. The molecule has 2 aliphatic heterocycles. The zero-order valence-corrected chi connectivity index (χ0v) is 13.1. The van der Waals surface area contributed by atoms with Crippen LogP contribution < -0.4 is 10.6 Å². The van der Waals surface area contributed by atoms with Crippen molar-refractivity contribution < 1.29 is 13.9 Å². The van der Waals surface area contributed by atoms with Gasteiger partial charge in [-0.3, -0.25) is 14.2 Å². The van der Waals surface area contributed by atoms with Crippen molar-refractivity contribution in [2.45, 2.75) is 56.6 Å². The van der Waals surface area contributed by atoms with E-state index in [-0.39, 0.29) is 18.7 Å². The van der Waals surface area contributed by atoms with Gasteiger partial charge in [0.15, 0.2) is 0 Å². The summed E-state index contributed by atoms with van der Waals surface area (Å²) in [7, 11) is 0. The van der Waals surface area contributed by atoms with Crippen LogP contribution in [0.5, 0.6) is 0 Å². The van der Waals surface area contributed by atoms with Crippen LogP contribution in [0.2, 0.25) is 0 Å². The highest BCUT2D eigenvalue weighted by Gasteiger charge is 2.45. The lowest BCUT2D eigenvalue weighted by Crippen LogP contribution is -2.47. The zero-order chi connectivity index (χ0) is 15.4. The average Bonchev–Trinajstić information content (AvgIpc) is 2.86. The van der Waals surface area contributed by atoms with Gasteiger partial charge < -0.3 is 15.4 Å². The van der Waals surface area contributed by atoms with Crippen molar-refractivity contribution in [1.82, 2.24) is 10.6 Å². The van der Waals surface area contributed by atoms with Crippen LogP contribution in [-0.2, 0) is 9.53 Å². The highest BCUT2D eigenvalue weighted by atomic mass is 19.1. The lowest BCUT2D eigenvalue weighted by Gasteiger charge is -2.29. The molecule has 6 heteroatoms. The number of nitrogens with one attached hydrogen (secondary N) is 2. The topological polar surface area (TPSA) is 62.7 Å². The van der Waals surface area contributed by atoms with E-state index in [1.54, 1.807) is 0 Å². The molecule has 0 bridgehead atoms. The summed E-state index contributed by atoms with van der Waals surface area (Å²) >= 11 is 0. The number of amidine groups is 1. The molecule has 0 aromatic rings. The second kappa shape index (κ2) is 7.04. The first-order valence-corrected chi connectivity index (χ1v) is 8.53. The van der Waals surface area contributed by atoms with Crippen molar-refractivity contribution in [2.75, 3.05) is 26.4 Å². The summed E-state index contributed by atoms with van der Waals surface area (Å²) in [4.78, 5) is 17.1. The molecule has 1 spiro atoms. The molecule has 0 aromatic heterocycles. The number of rotatable bonds is 5. The van der Waals surface area contributed by atoms with E-state index < -0.39 is 5.54 Å². The predicted molar refractivity (Wildman–Crippen MR) is 82.7 cm³/mol. The Bertz CT molecular complexity index is 427. The molecule has 2 N–H and O–H groups in total. The lowest BCUT2D eigenvalue weighted by atomic mass is 9.86. The Morgan fingerprint density at radius 3 is 2.64 bits per heavy atom. The third-order valence-electron chi connectivity index (χ3n) is 5.12. The molecule has 124 valence electrons. The van der Waals surface area contributed by atoms with Gasteiger partial charge in [-0.15, -0.1) is 0 Å². The Morgan fingerprint density at radius 2 is 1.95 bits per heavy atom. The summed E-state index contributed by atoms with van der Waals surface area (Å²) in [5.74, 6) is 1.33. The number of piperidine rings is 1. The van der Waals surface area contributed by atoms with Crippen molar-refractivity contribution >= 4 is 11.7 Å². The van der Waals surface area contributed by atoms with E-state index in [9.17, 15) is 9.18 Å². The Morgan fingerprint density at radius 1 is 1.23 bits per heavy atom. The molecule has 5 nitrogen and oxygen atoms in total. The van der Waals surface area contributed by atoms with E-state index in [4.69, 9.17) is 9.73 Å². The molecule has 3 rings (SSSR count). The standard InChI is InChI=1S/C16H26FN3O2/c17-8-1-11-22-13-4-2-12(3-5-13)14-19-15(21)16(20-14)6-9-18-10-7-16/h12-13,18H,1-11H2,(H,19,20,21)/t12-,13-. The van der Waals surface area contributed by atoms with Crippen molar-refractivity contribution in [3.8, 4) is 0 Å². The van der Waals surface area contributed by atoms with Crippen molar-refractivity contribution in [1.29, 1.82) is 0 Å². The number of aliphatic imine (C=N–C) groups is 1. The van der Waals surface area contributed by atoms with Crippen LogP contribution in [0.4, 0.5) is 4.39 Å². The van der Waals surface area contributed by atoms with Crippen LogP contribution in [0.15, 0.2) is 4.99 Å². The summed E-state index contributed by atoms with van der Waals surface area (Å²) in [5.41, 5.74) is -0.505. The van der Waals surface area contributed by atoms with Gasteiger partial charge in [0.2, 0.25) is 0 Å². The van der Waals surface area contributed by atoms with Crippen molar-refractivity contribution in [3.05, 3.63) is 0 Å². The van der Waals surface area contributed by atoms with E-state index in [1.165, 1.54) is 0 Å². The maximum absolute atomic E-state index is 12.3.